The third-order valence-electron chi connectivity index (χ3n) is 4.87. The van der Waals surface area contributed by atoms with E-state index in [0.717, 1.165) is 36.1 Å². The molecule has 1 aliphatic carbocycles. The molecule has 2 atom stereocenters. The first-order chi connectivity index (χ1) is 10.8. The summed E-state index contributed by atoms with van der Waals surface area (Å²) in [5.74, 6) is 1.82. The van der Waals surface area contributed by atoms with Gasteiger partial charge in [-0.3, -0.25) is 0 Å². The summed E-state index contributed by atoms with van der Waals surface area (Å²) in [6.07, 6.45) is 9.25. The minimum absolute atomic E-state index is 0.432. The van der Waals surface area contributed by atoms with Gasteiger partial charge in [0.05, 0.1) is 11.5 Å². The first-order valence-electron chi connectivity index (χ1n) is 8.42. The monoisotopic (exact) mass is 317 g/mol. The number of nitrogens with zero attached hydrogens (tertiary/aromatic N) is 2. The molecule has 4 nitrogen and oxygen atoms in total. The second kappa shape index (κ2) is 6.13. The third kappa shape index (κ3) is 2.72. The van der Waals surface area contributed by atoms with Crippen LogP contribution >= 0.6 is 11.3 Å². The Hall–Kier alpha value is -1.20. The molecule has 5 heteroatoms. The van der Waals surface area contributed by atoms with E-state index in [4.69, 9.17) is 4.74 Å². The molecule has 0 aromatic carbocycles. The fraction of sp³-hybridized carbons (Fsp3) is 0.647. The molecule has 2 aliphatic rings. The molecule has 22 heavy (non-hydrogen) atoms. The summed E-state index contributed by atoms with van der Waals surface area (Å²) < 4.78 is 5.70. The van der Waals surface area contributed by atoms with Crippen molar-refractivity contribution >= 4 is 27.4 Å². The number of ether oxygens (including phenoxy) is 1. The predicted octanol–water partition coefficient (Wildman–Crippen LogP) is 3.80. The second-order valence-electron chi connectivity index (χ2n) is 6.60. The zero-order valence-electron chi connectivity index (χ0n) is 13.1. The normalized spacial score (nSPS) is 24.6. The molecule has 118 valence electrons. The predicted molar refractivity (Wildman–Crippen MR) is 90.7 cm³/mol. The first-order valence-corrected chi connectivity index (χ1v) is 9.23. The average Bonchev–Trinajstić information content (AvgIpc) is 3.14. The zero-order chi connectivity index (χ0) is 14.9. The number of aromatic nitrogens is 2. The van der Waals surface area contributed by atoms with Gasteiger partial charge in [0, 0.05) is 18.0 Å². The van der Waals surface area contributed by atoms with Crippen molar-refractivity contribution in [3.05, 3.63) is 16.8 Å². The minimum atomic E-state index is 0.432. The van der Waals surface area contributed by atoms with Crippen LogP contribution in [0, 0.1) is 5.92 Å². The maximum Gasteiger partial charge on any atom is 0.138 e. The van der Waals surface area contributed by atoms with E-state index < -0.39 is 0 Å². The van der Waals surface area contributed by atoms with Crippen molar-refractivity contribution in [2.24, 2.45) is 5.92 Å². The standard InChI is InChI=1S/C17H23N3OS/c1-11-4-5-13-14(9-11)22-17-15(13)16(19-10-20-17)18-7-6-12-3-2-8-21-12/h10-12H,2-9H2,1H3,(H,18,19,20). The van der Waals surface area contributed by atoms with Gasteiger partial charge in [0.1, 0.15) is 17.0 Å². The van der Waals surface area contributed by atoms with Crippen molar-refractivity contribution in [1.29, 1.82) is 0 Å². The molecule has 4 rings (SSSR count). The van der Waals surface area contributed by atoms with Crippen LogP contribution in [-0.4, -0.2) is 29.2 Å². The molecule has 1 aliphatic heterocycles. The van der Waals surface area contributed by atoms with Gasteiger partial charge in [0.25, 0.3) is 0 Å². The summed E-state index contributed by atoms with van der Waals surface area (Å²) in [7, 11) is 0. The fourth-order valence-corrected chi connectivity index (χ4v) is 4.98. The first kappa shape index (κ1) is 14.4. The van der Waals surface area contributed by atoms with Gasteiger partial charge >= 0.3 is 0 Å². The number of fused-ring (bicyclic) bond motifs is 3. The lowest BCUT2D eigenvalue weighted by Gasteiger charge is -2.18. The molecule has 1 saturated heterocycles. The molecule has 0 amide bonds. The van der Waals surface area contributed by atoms with Crippen molar-refractivity contribution in [2.45, 2.75) is 51.6 Å². The highest BCUT2D eigenvalue weighted by Gasteiger charge is 2.23. The summed E-state index contributed by atoms with van der Waals surface area (Å²) in [5.41, 5.74) is 1.50. The lowest BCUT2D eigenvalue weighted by Crippen LogP contribution is -2.14. The van der Waals surface area contributed by atoms with Gasteiger partial charge in [-0.2, -0.15) is 0 Å². The van der Waals surface area contributed by atoms with Gasteiger partial charge in [-0.05, 0) is 50.0 Å². The van der Waals surface area contributed by atoms with E-state index in [0.29, 0.717) is 6.10 Å². The molecule has 0 radical (unpaired) electrons. The van der Waals surface area contributed by atoms with Crippen LogP contribution in [0.5, 0.6) is 0 Å². The molecule has 2 aromatic heterocycles. The Kier molecular flexibility index (Phi) is 4.01. The molecule has 3 heterocycles. The molecule has 0 saturated carbocycles. The number of rotatable bonds is 4. The minimum Gasteiger partial charge on any atom is -0.378 e. The SMILES string of the molecule is CC1CCc2c(sc3ncnc(NCCC4CCCO4)c23)C1. The Bertz CT molecular complexity index is 663. The smallest absolute Gasteiger partial charge is 0.138 e. The Morgan fingerprint density at radius 3 is 3.18 bits per heavy atom. The molecule has 1 fully saturated rings. The quantitative estimate of drug-likeness (QED) is 0.932. The summed E-state index contributed by atoms with van der Waals surface area (Å²) in [5, 5.41) is 4.82. The van der Waals surface area contributed by atoms with E-state index in [1.54, 1.807) is 6.33 Å². The Labute approximate surface area is 135 Å². The largest absolute Gasteiger partial charge is 0.378 e. The number of hydrogen-bond acceptors (Lipinski definition) is 5. The van der Waals surface area contributed by atoms with E-state index in [1.165, 1.54) is 47.9 Å². The average molecular weight is 317 g/mol. The number of thiophene rings is 1. The van der Waals surface area contributed by atoms with E-state index in [9.17, 15) is 0 Å². The molecule has 0 spiro atoms. The third-order valence-corrected chi connectivity index (χ3v) is 6.04. The van der Waals surface area contributed by atoms with Crippen molar-refractivity contribution in [1.82, 2.24) is 9.97 Å². The summed E-state index contributed by atoms with van der Waals surface area (Å²) in [6, 6.07) is 0. The number of nitrogens with one attached hydrogen (secondary N) is 1. The topological polar surface area (TPSA) is 47.0 Å². The van der Waals surface area contributed by atoms with Crippen LogP contribution in [0.2, 0.25) is 0 Å². The summed E-state index contributed by atoms with van der Waals surface area (Å²) >= 11 is 1.86. The van der Waals surface area contributed by atoms with Gasteiger partial charge in [-0.15, -0.1) is 11.3 Å². The van der Waals surface area contributed by atoms with Gasteiger partial charge in [-0.1, -0.05) is 6.92 Å². The van der Waals surface area contributed by atoms with Crippen molar-refractivity contribution in [3.63, 3.8) is 0 Å². The molecule has 2 unspecified atom stereocenters. The van der Waals surface area contributed by atoms with E-state index in [2.05, 4.69) is 22.2 Å². The zero-order valence-corrected chi connectivity index (χ0v) is 13.9. The second-order valence-corrected chi connectivity index (χ2v) is 7.69. The van der Waals surface area contributed by atoms with Crippen molar-refractivity contribution in [2.75, 3.05) is 18.5 Å². The molecule has 0 bridgehead atoms. The van der Waals surface area contributed by atoms with Crippen LogP contribution in [0.1, 0.15) is 43.0 Å². The molecule has 1 N–H and O–H groups in total. The van der Waals surface area contributed by atoms with E-state index in [1.807, 2.05) is 11.3 Å². The van der Waals surface area contributed by atoms with Crippen molar-refractivity contribution < 1.29 is 4.74 Å². The fourth-order valence-electron chi connectivity index (χ4n) is 3.63. The Balaban J connectivity index is 1.55. The van der Waals surface area contributed by atoms with Crippen LogP contribution in [0.4, 0.5) is 5.82 Å². The molecule has 2 aromatic rings. The lowest BCUT2D eigenvalue weighted by atomic mass is 9.89. The Morgan fingerprint density at radius 1 is 1.36 bits per heavy atom. The Morgan fingerprint density at radius 2 is 2.32 bits per heavy atom. The number of aryl methyl sites for hydroxylation is 1. The van der Waals surface area contributed by atoms with Gasteiger partial charge in [0.2, 0.25) is 0 Å². The van der Waals surface area contributed by atoms with E-state index >= 15 is 0 Å². The molecular weight excluding hydrogens is 294 g/mol. The van der Waals surface area contributed by atoms with Gasteiger partial charge in [-0.25, -0.2) is 9.97 Å². The maximum absolute atomic E-state index is 5.70. The highest BCUT2D eigenvalue weighted by Crippen LogP contribution is 2.39. The van der Waals surface area contributed by atoms with Crippen LogP contribution in [-0.2, 0) is 17.6 Å². The number of anilines is 1. The van der Waals surface area contributed by atoms with Gasteiger partial charge in [0.15, 0.2) is 0 Å². The van der Waals surface area contributed by atoms with Gasteiger partial charge < -0.3 is 10.1 Å². The summed E-state index contributed by atoms with van der Waals surface area (Å²) in [6.45, 7) is 4.20. The van der Waals surface area contributed by atoms with Crippen LogP contribution in [0.25, 0.3) is 10.2 Å². The summed E-state index contributed by atoms with van der Waals surface area (Å²) in [4.78, 5) is 11.7. The van der Waals surface area contributed by atoms with Crippen LogP contribution in [0.15, 0.2) is 6.33 Å². The lowest BCUT2D eigenvalue weighted by molar-refractivity contribution is 0.107. The number of hydrogen-bond donors (Lipinski definition) is 1. The highest BCUT2D eigenvalue weighted by atomic mass is 32.1. The van der Waals surface area contributed by atoms with E-state index in [-0.39, 0.29) is 0 Å². The van der Waals surface area contributed by atoms with Crippen LogP contribution in [0.3, 0.4) is 0 Å². The van der Waals surface area contributed by atoms with Crippen LogP contribution < -0.4 is 5.32 Å². The molecular formula is C17H23N3OS. The highest BCUT2D eigenvalue weighted by molar-refractivity contribution is 7.19. The van der Waals surface area contributed by atoms with Crippen molar-refractivity contribution in [3.8, 4) is 0 Å². The maximum atomic E-state index is 5.70.